The summed E-state index contributed by atoms with van der Waals surface area (Å²) in [4.78, 5) is 38.1. The molecular formula is C61H100O6. The fourth-order valence-corrected chi connectivity index (χ4v) is 7.25. The van der Waals surface area contributed by atoms with Crippen molar-refractivity contribution < 1.29 is 28.6 Å². The molecule has 0 rings (SSSR count). The second kappa shape index (κ2) is 54.7. The summed E-state index contributed by atoms with van der Waals surface area (Å²) in [6, 6.07) is 0. The first-order valence-electron chi connectivity index (χ1n) is 27.4. The lowest BCUT2D eigenvalue weighted by Gasteiger charge is -2.18. The zero-order chi connectivity index (χ0) is 48.6. The van der Waals surface area contributed by atoms with Crippen LogP contribution in [0.5, 0.6) is 0 Å². The summed E-state index contributed by atoms with van der Waals surface area (Å²) in [6.07, 6.45) is 73.8. The second-order valence-electron chi connectivity index (χ2n) is 17.7. The predicted octanol–water partition coefficient (Wildman–Crippen LogP) is 18.3. The van der Waals surface area contributed by atoms with E-state index in [0.29, 0.717) is 19.3 Å². The van der Waals surface area contributed by atoms with Gasteiger partial charge in [-0.15, -0.1) is 0 Å². The average Bonchev–Trinajstić information content (AvgIpc) is 3.33. The maximum Gasteiger partial charge on any atom is 0.306 e. The third-order valence-corrected chi connectivity index (χ3v) is 11.3. The Morgan fingerprint density at radius 1 is 0.313 bits per heavy atom. The van der Waals surface area contributed by atoms with Crippen molar-refractivity contribution in [3.63, 3.8) is 0 Å². The highest BCUT2D eigenvalue weighted by Crippen LogP contribution is 2.15. The summed E-state index contributed by atoms with van der Waals surface area (Å²) >= 11 is 0. The highest BCUT2D eigenvalue weighted by atomic mass is 16.6. The minimum atomic E-state index is -0.831. The molecule has 1 unspecified atom stereocenters. The van der Waals surface area contributed by atoms with E-state index in [2.05, 4.69) is 118 Å². The van der Waals surface area contributed by atoms with Crippen LogP contribution < -0.4 is 0 Å². The molecule has 6 heteroatoms. The van der Waals surface area contributed by atoms with Gasteiger partial charge in [-0.25, -0.2) is 0 Å². The van der Waals surface area contributed by atoms with Crippen LogP contribution in [0.1, 0.15) is 239 Å². The van der Waals surface area contributed by atoms with E-state index in [1.807, 2.05) is 12.2 Å². The Labute approximate surface area is 412 Å². The van der Waals surface area contributed by atoms with Crippen LogP contribution in [0.3, 0.4) is 0 Å². The lowest BCUT2D eigenvalue weighted by atomic mass is 10.0. The molecule has 6 nitrogen and oxygen atoms in total. The van der Waals surface area contributed by atoms with Crippen molar-refractivity contribution in [2.24, 2.45) is 0 Å². The standard InChI is InChI=1S/C61H100O6/c1-4-7-10-13-16-19-22-25-28-31-34-36-39-42-45-48-51-54-60(63)66-57-58(67-61(64)55-52-49-46-43-40-37-33-30-27-24-21-18-15-12-9-6-3)56-65-59(62)53-50-47-44-41-38-35-32-29-26-23-20-17-14-11-8-5-2/h8-9,11-12,17-18,20-21,26-27,29-30,35,37-38,40,46,49,58H,4-7,10,13-16,19,22-25,28,31-34,36,39,41-45,47-48,50-57H2,1-3H3/b11-8-,12-9-,20-17-,21-18-,29-26-,30-27-,38-35-,40-37-,49-46-. The number of esters is 3. The molecule has 0 aliphatic carbocycles. The highest BCUT2D eigenvalue weighted by molar-refractivity contribution is 5.71. The van der Waals surface area contributed by atoms with Crippen molar-refractivity contribution in [3.8, 4) is 0 Å². The van der Waals surface area contributed by atoms with Crippen molar-refractivity contribution in [1.29, 1.82) is 0 Å². The summed E-state index contributed by atoms with van der Waals surface area (Å²) in [6.45, 7) is 6.32. The summed E-state index contributed by atoms with van der Waals surface area (Å²) in [5.74, 6) is -1.03. The van der Waals surface area contributed by atoms with E-state index >= 15 is 0 Å². The number of unbranched alkanes of at least 4 members (excludes halogenated alkanes) is 19. The first kappa shape index (κ1) is 63.1. The maximum atomic E-state index is 12.8. The van der Waals surface area contributed by atoms with Crippen molar-refractivity contribution >= 4 is 17.9 Å². The van der Waals surface area contributed by atoms with Crippen LogP contribution >= 0.6 is 0 Å². The smallest absolute Gasteiger partial charge is 0.306 e. The molecule has 0 spiro atoms. The van der Waals surface area contributed by atoms with Gasteiger partial charge < -0.3 is 14.2 Å². The predicted molar refractivity (Wildman–Crippen MR) is 288 cm³/mol. The molecular weight excluding hydrogens is 829 g/mol. The van der Waals surface area contributed by atoms with Gasteiger partial charge in [-0.3, -0.25) is 14.4 Å². The number of hydrogen-bond acceptors (Lipinski definition) is 6. The second-order valence-corrected chi connectivity index (χ2v) is 17.7. The summed E-state index contributed by atoms with van der Waals surface area (Å²) in [5, 5.41) is 0. The summed E-state index contributed by atoms with van der Waals surface area (Å²) in [7, 11) is 0. The van der Waals surface area contributed by atoms with Gasteiger partial charge in [0.1, 0.15) is 13.2 Å². The first-order chi connectivity index (χ1) is 33.0. The monoisotopic (exact) mass is 929 g/mol. The topological polar surface area (TPSA) is 78.9 Å². The lowest BCUT2D eigenvalue weighted by Crippen LogP contribution is -2.30. The molecule has 0 radical (unpaired) electrons. The molecule has 0 aromatic rings. The van der Waals surface area contributed by atoms with E-state index < -0.39 is 12.1 Å². The number of carbonyl (C=O) groups is 3. The van der Waals surface area contributed by atoms with Gasteiger partial charge in [0, 0.05) is 19.3 Å². The highest BCUT2D eigenvalue weighted by Gasteiger charge is 2.19. The Morgan fingerprint density at radius 3 is 0.970 bits per heavy atom. The first-order valence-corrected chi connectivity index (χ1v) is 27.4. The van der Waals surface area contributed by atoms with Crippen molar-refractivity contribution in [3.05, 3.63) is 109 Å². The van der Waals surface area contributed by atoms with Crippen molar-refractivity contribution in [2.75, 3.05) is 13.2 Å². The normalized spacial score (nSPS) is 12.9. The number of allylic oxidation sites excluding steroid dienone is 18. The minimum absolute atomic E-state index is 0.118. The summed E-state index contributed by atoms with van der Waals surface area (Å²) in [5.41, 5.74) is 0. The van der Waals surface area contributed by atoms with Crippen LogP contribution in [-0.4, -0.2) is 37.2 Å². The van der Waals surface area contributed by atoms with E-state index in [1.54, 1.807) is 0 Å². The molecule has 1 atom stereocenters. The number of rotatable bonds is 48. The Hall–Kier alpha value is -3.93. The number of carbonyl (C=O) groups excluding carboxylic acids is 3. The van der Waals surface area contributed by atoms with Crippen molar-refractivity contribution in [1.82, 2.24) is 0 Å². The van der Waals surface area contributed by atoms with E-state index in [1.165, 1.54) is 89.9 Å². The van der Waals surface area contributed by atoms with Crippen molar-refractivity contribution in [2.45, 2.75) is 245 Å². The fraction of sp³-hybridized carbons (Fsp3) is 0.656. The van der Waals surface area contributed by atoms with Gasteiger partial charge in [-0.1, -0.05) is 239 Å². The van der Waals surface area contributed by atoms with Crippen LogP contribution in [0.4, 0.5) is 0 Å². The zero-order valence-corrected chi connectivity index (χ0v) is 43.4. The van der Waals surface area contributed by atoms with E-state index in [4.69, 9.17) is 14.2 Å². The van der Waals surface area contributed by atoms with E-state index in [9.17, 15) is 14.4 Å². The van der Waals surface area contributed by atoms with Crippen LogP contribution in [0.15, 0.2) is 109 Å². The van der Waals surface area contributed by atoms with Gasteiger partial charge in [-0.05, 0) is 89.9 Å². The zero-order valence-electron chi connectivity index (χ0n) is 43.4. The van der Waals surface area contributed by atoms with Gasteiger partial charge in [0.15, 0.2) is 6.10 Å². The largest absolute Gasteiger partial charge is 0.462 e. The molecule has 0 aliphatic heterocycles. The molecule has 0 fully saturated rings. The molecule has 67 heavy (non-hydrogen) atoms. The molecule has 0 aromatic heterocycles. The maximum absolute atomic E-state index is 12.8. The molecule has 0 saturated heterocycles. The van der Waals surface area contributed by atoms with Crippen LogP contribution in [-0.2, 0) is 28.6 Å². The number of hydrogen-bond donors (Lipinski definition) is 0. The molecule has 0 aromatic carbocycles. The molecule has 0 aliphatic rings. The minimum Gasteiger partial charge on any atom is -0.462 e. The lowest BCUT2D eigenvalue weighted by molar-refractivity contribution is -0.166. The van der Waals surface area contributed by atoms with Crippen LogP contribution in [0, 0.1) is 0 Å². The third-order valence-electron chi connectivity index (χ3n) is 11.3. The molecule has 0 amide bonds. The fourth-order valence-electron chi connectivity index (χ4n) is 7.25. The number of ether oxygens (including phenoxy) is 3. The Balaban J connectivity index is 4.53. The molecule has 0 bridgehead atoms. The SMILES string of the molecule is CC/C=C\C/C=C\C/C=C\C/C=C\C/C=C\CCC(=O)OC(COC(=O)CCCCC/C=C\C/C=C\C/C=C\C/C=C\CC)COC(=O)CCCCCCCCCCCCCCCCCCC. The molecule has 380 valence electrons. The summed E-state index contributed by atoms with van der Waals surface area (Å²) < 4.78 is 16.7. The Bertz CT molecular complexity index is 1390. The average molecular weight is 929 g/mol. The molecule has 0 N–H and O–H groups in total. The van der Waals surface area contributed by atoms with E-state index in [0.717, 1.165) is 103 Å². The Morgan fingerprint density at radius 2 is 0.612 bits per heavy atom. The third kappa shape index (κ3) is 52.9. The molecule has 0 saturated carbocycles. The van der Waals surface area contributed by atoms with Gasteiger partial charge in [0.05, 0.1) is 0 Å². The van der Waals surface area contributed by atoms with Crippen LogP contribution in [0.25, 0.3) is 0 Å². The Kier molecular flexibility index (Phi) is 51.5. The van der Waals surface area contributed by atoms with E-state index in [-0.39, 0.29) is 31.6 Å². The van der Waals surface area contributed by atoms with Gasteiger partial charge >= 0.3 is 17.9 Å². The van der Waals surface area contributed by atoms with Gasteiger partial charge in [0.2, 0.25) is 0 Å². The molecule has 0 heterocycles. The van der Waals surface area contributed by atoms with Gasteiger partial charge in [-0.2, -0.15) is 0 Å². The quantitative estimate of drug-likeness (QED) is 0.0262. The van der Waals surface area contributed by atoms with Gasteiger partial charge in [0.25, 0.3) is 0 Å². The van der Waals surface area contributed by atoms with Crippen LogP contribution in [0.2, 0.25) is 0 Å².